The lowest BCUT2D eigenvalue weighted by Gasteiger charge is -2.11. The summed E-state index contributed by atoms with van der Waals surface area (Å²) in [5, 5.41) is 3.63. The van der Waals surface area contributed by atoms with Crippen LogP contribution in [0.5, 0.6) is 0 Å². The first kappa shape index (κ1) is 17.3. The van der Waals surface area contributed by atoms with Crippen molar-refractivity contribution in [3.8, 4) is 11.5 Å². The first-order valence-electron chi connectivity index (χ1n) is 8.60. The lowest BCUT2D eigenvalue weighted by molar-refractivity contribution is -0.115. The number of rotatable bonds is 4. The summed E-state index contributed by atoms with van der Waals surface area (Å²) < 4.78 is 5.87. The van der Waals surface area contributed by atoms with Crippen LogP contribution < -0.4 is 5.32 Å². The number of amides is 1. The van der Waals surface area contributed by atoms with Gasteiger partial charge in [-0.3, -0.25) is 4.79 Å². The molecule has 1 heterocycles. The van der Waals surface area contributed by atoms with E-state index in [0.717, 1.165) is 33.5 Å². The van der Waals surface area contributed by atoms with Gasteiger partial charge < -0.3 is 9.73 Å². The summed E-state index contributed by atoms with van der Waals surface area (Å²) in [6, 6.07) is 20.6. The first-order valence-corrected chi connectivity index (χ1v) is 8.98. The number of anilines is 1. The Hall–Kier alpha value is -3.11. The Labute approximate surface area is 161 Å². The van der Waals surface area contributed by atoms with E-state index >= 15 is 0 Å². The van der Waals surface area contributed by atoms with Gasteiger partial charge in [0.2, 0.25) is 11.8 Å². The van der Waals surface area contributed by atoms with Crippen LogP contribution >= 0.6 is 11.6 Å². The molecule has 4 aromatic rings. The maximum Gasteiger partial charge on any atom is 0.228 e. The van der Waals surface area contributed by atoms with E-state index in [1.807, 2.05) is 61.5 Å². The molecule has 1 N–H and O–H groups in total. The Bertz CT molecular complexity index is 1080. The molecule has 4 rings (SSSR count). The van der Waals surface area contributed by atoms with Gasteiger partial charge in [0, 0.05) is 16.3 Å². The van der Waals surface area contributed by atoms with Crippen molar-refractivity contribution in [1.82, 2.24) is 4.98 Å². The van der Waals surface area contributed by atoms with Crippen molar-refractivity contribution >= 4 is 34.3 Å². The van der Waals surface area contributed by atoms with Gasteiger partial charge in [0.1, 0.15) is 5.52 Å². The summed E-state index contributed by atoms with van der Waals surface area (Å²) in [5.74, 6) is 0.456. The average Bonchev–Trinajstić information content (AvgIpc) is 3.09. The number of nitrogens with one attached hydrogen (secondary N) is 1. The van der Waals surface area contributed by atoms with Crippen molar-refractivity contribution < 1.29 is 9.21 Å². The van der Waals surface area contributed by atoms with E-state index < -0.39 is 0 Å². The second-order valence-electron chi connectivity index (χ2n) is 6.32. The van der Waals surface area contributed by atoms with E-state index in [-0.39, 0.29) is 12.3 Å². The molecule has 0 saturated carbocycles. The van der Waals surface area contributed by atoms with Crippen LogP contribution in [0, 0.1) is 6.92 Å². The number of carbonyl (C=O) groups excluding carboxylic acids is 1. The molecule has 27 heavy (non-hydrogen) atoms. The van der Waals surface area contributed by atoms with Gasteiger partial charge in [-0.1, -0.05) is 41.9 Å². The van der Waals surface area contributed by atoms with Gasteiger partial charge in [-0.2, -0.15) is 0 Å². The third kappa shape index (κ3) is 3.71. The van der Waals surface area contributed by atoms with Crippen molar-refractivity contribution in [3.05, 3.63) is 82.9 Å². The van der Waals surface area contributed by atoms with Crippen molar-refractivity contribution in [2.45, 2.75) is 13.3 Å². The SMILES string of the molecule is Cc1c(NC(=O)Cc2ccc(Cl)cc2)cccc1-c1nc2ccccc2o1. The predicted molar refractivity (Wildman–Crippen MR) is 108 cm³/mol. The third-order valence-electron chi connectivity index (χ3n) is 4.41. The number of para-hydroxylation sites is 2. The molecule has 0 saturated heterocycles. The molecule has 0 aliphatic heterocycles. The molecule has 1 aromatic heterocycles. The van der Waals surface area contributed by atoms with Gasteiger partial charge >= 0.3 is 0 Å². The summed E-state index contributed by atoms with van der Waals surface area (Å²) in [6.45, 7) is 1.95. The molecular weight excluding hydrogens is 360 g/mol. The molecule has 5 heteroatoms. The average molecular weight is 377 g/mol. The van der Waals surface area contributed by atoms with E-state index in [1.54, 1.807) is 12.1 Å². The number of hydrogen-bond acceptors (Lipinski definition) is 3. The highest BCUT2D eigenvalue weighted by Crippen LogP contribution is 2.30. The van der Waals surface area contributed by atoms with Crippen LogP contribution in [0.3, 0.4) is 0 Å². The second-order valence-corrected chi connectivity index (χ2v) is 6.75. The largest absolute Gasteiger partial charge is 0.436 e. The monoisotopic (exact) mass is 376 g/mol. The van der Waals surface area contributed by atoms with E-state index in [4.69, 9.17) is 16.0 Å². The van der Waals surface area contributed by atoms with Crippen LogP contribution in [-0.2, 0) is 11.2 Å². The molecule has 0 radical (unpaired) electrons. The highest BCUT2D eigenvalue weighted by molar-refractivity contribution is 6.30. The topological polar surface area (TPSA) is 55.1 Å². The van der Waals surface area contributed by atoms with Gasteiger partial charge in [-0.15, -0.1) is 0 Å². The zero-order valence-corrected chi connectivity index (χ0v) is 15.5. The zero-order valence-electron chi connectivity index (χ0n) is 14.7. The molecule has 0 unspecified atom stereocenters. The Morgan fingerprint density at radius 2 is 1.81 bits per heavy atom. The first-order chi connectivity index (χ1) is 13.1. The van der Waals surface area contributed by atoms with Crippen LogP contribution in [0.15, 0.2) is 71.1 Å². The number of oxazole rings is 1. The lowest BCUT2D eigenvalue weighted by atomic mass is 10.1. The van der Waals surface area contributed by atoms with E-state index in [2.05, 4.69) is 10.3 Å². The van der Waals surface area contributed by atoms with Crippen molar-refractivity contribution in [2.75, 3.05) is 5.32 Å². The van der Waals surface area contributed by atoms with Crippen molar-refractivity contribution in [1.29, 1.82) is 0 Å². The van der Waals surface area contributed by atoms with Gasteiger partial charge in [-0.25, -0.2) is 4.98 Å². The minimum Gasteiger partial charge on any atom is -0.436 e. The number of hydrogen-bond donors (Lipinski definition) is 1. The number of aromatic nitrogens is 1. The van der Waals surface area contributed by atoms with Crippen LogP contribution in [0.4, 0.5) is 5.69 Å². The molecule has 0 aliphatic carbocycles. The number of fused-ring (bicyclic) bond motifs is 1. The summed E-state index contributed by atoms with van der Waals surface area (Å²) in [4.78, 5) is 17.0. The predicted octanol–water partition coefficient (Wildman–Crippen LogP) is 5.64. The van der Waals surface area contributed by atoms with E-state index in [9.17, 15) is 4.79 Å². The highest BCUT2D eigenvalue weighted by Gasteiger charge is 2.14. The van der Waals surface area contributed by atoms with E-state index in [1.165, 1.54) is 0 Å². The molecule has 4 nitrogen and oxygen atoms in total. The van der Waals surface area contributed by atoms with Crippen molar-refractivity contribution in [3.63, 3.8) is 0 Å². The molecule has 134 valence electrons. The standard InChI is InChI=1S/C22H17ClN2O2/c1-14-17(22-25-19-6-2-3-8-20(19)27-22)5-4-7-18(14)24-21(26)13-15-9-11-16(23)12-10-15/h2-12H,13H2,1H3,(H,24,26). The Kier molecular flexibility index (Phi) is 4.65. The molecule has 0 aliphatic rings. The van der Waals surface area contributed by atoms with E-state index in [0.29, 0.717) is 10.9 Å². The molecule has 3 aromatic carbocycles. The fourth-order valence-corrected chi connectivity index (χ4v) is 3.10. The van der Waals surface area contributed by atoms with Gasteiger partial charge in [0.25, 0.3) is 0 Å². The normalized spacial score (nSPS) is 10.9. The number of nitrogens with zero attached hydrogens (tertiary/aromatic N) is 1. The Morgan fingerprint density at radius 1 is 1.04 bits per heavy atom. The molecule has 0 fully saturated rings. The number of halogens is 1. The maximum absolute atomic E-state index is 12.4. The minimum absolute atomic E-state index is 0.0878. The molecule has 1 amide bonds. The highest BCUT2D eigenvalue weighted by atomic mass is 35.5. The second kappa shape index (κ2) is 7.25. The van der Waals surface area contributed by atoms with Gasteiger partial charge in [-0.05, 0) is 54.4 Å². The van der Waals surface area contributed by atoms with Crippen LogP contribution in [0.1, 0.15) is 11.1 Å². The molecular formula is C22H17ClN2O2. The summed E-state index contributed by atoms with van der Waals surface area (Å²) in [6.07, 6.45) is 0.281. The molecule has 0 atom stereocenters. The zero-order chi connectivity index (χ0) is 18.8. The number of carbonyl (C=O) groups is 1. The lowest BCUT2D eigenvalue weighted by Crippen LogP contribution is -2.15. The summed E-state index contributed by atoms with van der Waals surface area (Å²) >= 11 is 5.89. The van der Waals surface area contributed by atoms with Gasteiger partial charge in [0.05, 0.1) is 6.42 Å². The minimum atomic E-state index is -0.0878. The quantitative estimate of drug-likeness (QED) is 0.501. The van der Waals surface area contributed by atoms with Crippen LogP contribution in [0.25, 0.3) is 22.6 Å². The number of benzene rings is 3. The Morgan fingerprint density at radius 3 is 2.59 bits per heavy atom. The van der Waals surface area contributed by atoms with Crippen LogP contribution in [0.2, 0.25) is 5.02 Å². The summed E-state index contributed by atoms with van der Waals surface area (Å²) in [7, 11) is 0. The fraction of sp³-hybridized carbons (Fsp3) is 0.0909. The smallest absolute Gasteiger partial charge is 0.228 e. The van der Waals surface area contributed by atoms with Crippen molar-refractivity contribution in [2.24, 2.45) is 0 Å². The molecule has 0 spiro atoms. The summed E-state index contributed by atoms with van der Waals surface area (Å²) in [5.41, 5.74) is 4.97. The molecule has 0 bridgehead atoms. The third-order valence-corrected chi connectivity index (χ3v) is 4.66. The van der Waals surface area contributed by atoms with Gasteiger partial charge in [0.15, 0.2) is 5.58 Å². The Balaban J connectivity index is 1.58. The van der Waals surface area contributed by atoms with Crippen LogP contribution in [-0.4, -0.2) is 10.9 Å². The fourth-order valence-electron chi connectivity index (χ4n) is 2.97. The maximum atomic E-state index is 12.4.